The molecule has 0 amide bonds. The Morgan fingerprint density at radius 2 is 2.07 bits per heavy atom. The van der Waals surface area contributed by atoms with Crippen molar-refractivity contribution in [3.05, 3.63) is 57.0 Å². The summed E-state index contributed by atoms with van der Waals surface area (Å²) in [6.45, 7) is 0. The minimum absolute atomic E-state index is 0.111. The van der Waals surface area contributed by atoms with Crippen LogP contribution in [0.3, 0.4) is 0 Å². The first-order valence-electron chi connectivity index (χ1n) is 4.43. The summed E-state index contributed by atoms with van der Waals surface area (Å²) in [4.78, 5) is 0.927. The first kappa shape index (κ1) is 10.6. The van der Waals surface area contributed by atoms with E-state index >= 15 is 0 Å². The van der Waals surface area contributed by atoms with Crippen molar-refractivity contribution in [2.24, 2.45) is 5.73 Å². The van der Waals surface area contributed by atoms with Crippen molar-refractivity contribution in [1.82, 2.24) is 0 Å². The Kier molecular flexibility index (Phi) is 3.05. The third-order valence-corrected chi connectivity index (χ3v) is 3.41. The van der Waals surface area contributed by atoms with E-state index in [0.29, 0.717) is 5.56 Å². The van der Waals surface area contributed by atoms with Crippen LogP contribution in [0.4, 0.5) is 4.39 Å². The fourth-order valence-electron chi connectivity index (χ4n) is 1.38. The molecule has 2 aromatic rings. The van der Waals surface area contributed by atoms with Crippen molar-refractivity contribution in [3.63, 3.8) is 0 Å². The first-order valence-corrected chi connectivity index (χ1v) is 5.69. The van der Waals surface area contributed by atoms with Crippen molar-refractivity contribution < 1.29 is 4.39 Å². The molecule has 1 aromatic heterocycles. The molecule has 0 unspecified atom stereocenters. The Morgan fingerprint density at radius 3 is 2.73 bits per heavy atom. The standard InChI is InChI=1S/C11H9ClFNS/c12-8-4-1-3-7(10(8)13)11(14)9-5-2-6-15-9/h1-6,11H,14H2/t11-/m1/s1. The van der Waals surface area contributed by atoms with Gasteiger partial charge in [0.15, 0.2) is 0 Å². The van der Waals surface area contributed by atoms with Gasteiger partial charge in [-0.25, -0.2) is 4.39 Å². The molecule has 0 saturated carbocycles. The lowest BCUT2D eigenvalue weighted by molar-refractivity contribution is 0.601. The highest BCUT2D eigenvalue weighted by Gasteiger charge is 2.15. The lowest BCUT2D eigenvalue weighted by Crippen LogP contribution is -2.12. The number of nitrogens with two attached hydrogens (primary N) is 1. The van der Waals surface area contributed by atoms with Crippen molar-refractivity contribution in [1.29, 1.82) is 0 Å². The average Bonchev–Trinajstić information content (AvgIpc) is 2.74. The van der Waals surface area contributed by atoms with Gasteiger partial charge in [-0.2, -0.15) is 0 Å². The molecule has 2 N–H and O–H groups in total. The maximum absolute atomic E-state index is 13.6. The zero-order chi connectivity index (χ0) is 10.8. The molecule has 0 aliphatic heterocycles. The molecule has 1 atom stereocenters. The van der Waals surface area contributed by atoms with E-state index in [-0.39, 0.29) is 5.02 Å². The molecule has 0 aliphatic carbocycles. The molecule has 0 saturated heterocycles. The van der Waals surface area contributed by atoms with Gasteiger partial charge in [0.05, 0.1) is 11.1 Å². The number of benzene rings is 1. The van der Waals surface area contributed by atoms with E-state index in [1.807, 2.05) is 17.5 Å². The van der Waals surface area contributed by atoms with Crippen molar-refractivity contribution in [3.8, 4) is 0 Å². The van der Waals surface area contributed by atoms with Gasteiger partial charge in [-0.3, -0.25) is 0 Å². The lowest BCUT2D eigenvalue weighted by Gasteiger charge is -2.11. The predicted octanol–water partition coefficient (Wildman–Crippen LogP) is 3.59. The second-order valence-corrected chi connectivity index (χ2v) is 4.52. The van der Waals surface area contributed by atoms with E-state index < -0.39 is 11.9 Å². The van der Waals surface area contributed by atoms with E-state index in [1.165, 1.54) is 17.4 Å². The number of rotatable bonds is 2. The summed E-state index contributed by atoms with van der Waals surface area (Å²) >= 11 is 7.20. The summed E-state index contributed by atoms with van der Waals surface area (Å²) < 4.78 is 13.6. The van der Waals surface area contributed by atoms with Crippen LogP contribution < -0.4 is 5.73 Å². The van der Waals surface area contributed by atoms with Gasteiger partial charge in [-0.1, -0.05) is 29.8 Å². The monoisotopic (exact) mass is 241 g/mol. The molecule has 4 heteroatoms. The van der Waals surface area contributed by atoms with E-state index in [0.717, 1.165) is 4.88 Å². The van der Waals surface area contributed by atoms with Crippen LogP contribution in [0.25, 0.3) is 0 Å². The smallest absolute Gasteiger partial charge is 0.146 e. The van der Waals surface area contributed by atoms with E-state index in [1.54, 1.807) is 12.1 Å². The first-order chi connectivity index (χ1) is 7.20. The van der Waals surface area contributed by atoms with E-state index in [2.05, 4.69) is 0 Å². The van der Waals surface area contributed by atoms with Crippen LogP contribution in [-0.2, 0) is 0 Å². The van der Waals surface area contributed by atoms with Gasteiger partial charge in [0, 0.05) is 10.4 Å². The molecule has 1 heterocycles. The highest BCUT2D eigenvalue weighted by atomic mass is 35.5. The Labute approximate surface area is 96.3 Å². The van der Waals surface area contributed by atoms with Crippen molar-refractivity contribution in [2.75, 3.05) is 0 Å². The SMILES string of the molecule is N[C@@H](c1cccs1)c1cccc(Cl)c1F. The zero-order valence-electron chi connectivity index (χ0n) is 7.78. The summed E-state index contributed by atoms with van der Waals surface area (Å²) in [7, 11) is 0. The van der Waals surface area contributed by atoms with Crippen molar-refractivity contribution in [2.45, 2.75) is 6.04 Å². The fourth-order valence-corrected chi connectivity index (χ4v) is 2.31. The van der Waals surface area contributed by atoms with E-state index in [9.17, 15) is 4.39 Å². The summed E-state index contributed by atoms with van der Waals surface area (Å²) in [5.74, 6) is -0.430. The number of thiophene rings is 1. The largest absolute Gasteiger partial charge is 0.320 e. The molecular weight excluding hydrogens is 233 g/mol. The zero-order valence-corrected chi connectivity index (χ0v) is 9.36. The molecule has 0 bridgehead atoms. The predicted molar refractivity (Wildman–Crippen MR) is 61.8 cm³/mol. The maximum Gasteiger partial charge on any atom is 0.146 e. The van der Waals surface area contributed by atoms with Gasteiger partial charge in [0.25, 0.3) is 0 Å². The van der Waals surface area contributed by atoms with Crippen LogP contribution in [0.2, 0.25) is 5.02 Å². The maximum atomic E-state index is 13.6. The molecular formula is C11H9ClFNS. The lowest BCUT2D eigenvalue weighted by atomic mass is 10.1. The summed E-state index contributed by atoms with van der Waals surface area (Å²) in [6.07, 6.45) is 0. The second-order valence-electron chi connectivity index (χ2n) is 3.14. The molecule has 0 spiro atoms. The van der Waals surface area contributed by atoms with Crippen molar-refractivity contribution >= 4 is 22.9 Å². The average molecular weight is 242 g/mol. The summed E-state index contributed by atoms with van der Waals surface area (Å²) in [5, 5.41) is 2.02. The summed E-state index contributed by atoms with van der Waals surface area (Å²) in [5.41, 5.74) is 6.38. The Bertz CT molecular complexity index is 456. The molecule has 1 aromatic carbocycles. The highest BCUT2D eigenvalue weighted by molar-refractivity contribution is 7.10. The van der Waals surface area contributed by atoms with Gasteiger partial charge in [0.1, 0.15) is 5.82 Å². The Balaban J connectivity index is 2.42. The quantitative estimate of drug-likeness (QED) is 0.855. The van der Waals surface area contributed by atoms with Crippen LogP contribution in [0.1, 0.15) is 16.5 Å². The normalized spacial score (nSPS) is 12.7. The Morgan fingerprint density at radius 1 is 1.27 bits per heavy atom. The third-order valence-electron chi connectivity index (χ3n) is 2.17. The third kappa shape index (κ3) is 2.04. The molecule has 0 fully saturated rings. The molecule has 78 valence electrons. The van der Waals surface area contributed by atoms with Gasteiger partial charge >= 0.3 is 0 Å². The number of halogens is 2. The van der Waals surface area contributed by atoms with Crippen LogP contribution in [0.15, 0.2) is 35.7 Å². The molecule has 0 radical (unpaired) electrons. The second kappa shape index (κ2) is 4.31. The highest BCUT2D eigenvalue weighted by Crippen LogP contribution is 2.28. The molecule has 15 heavy (non-hydrogen) atoms. The van der Waals surface area contributed by atoms with Gasteiger partial charge in [-0.05, 0) is 17.5 Å². The fraction of sp³-hybridized carbons (Fsp3) is 0.0909. The van der Waals surface area contributed by atoms with Gasteiger partial charge < -0.3 is 5.73 Å². The minimum Gasteiger partial charge on any atom is -0.320 e. The van der Waals surface area contributed by atoms with Crippen LogP contribution in [0.5, 0.6) is 0 Å². The topological polar surface area (TPSA) is 26.0 Å². The number of hydrogen-bond acceptors (Lipinski definition) is 2. The molecule has 0 aliphatic rings. The number of hydrogen-bond donors (Lipinski definition) is 1. The van der Waals surface area contributed by atoms with E-state index in [4.69, 9.17) is 17.3 Å². The van der Waals surface area contributed by atoms with Crippen LogP contribution >= 0.6 is 22.9 Å². The van der Waals surface area contributed by atoms with Crippen LogP contribution in [-0.4, -0.2) is 0 Å². The van der Waals surface area contributed by atoms with Gasteiger partial charge in [-0.15, -0.1) is 11.3 Å². The van der Waals surface area contributed by atoms with Crippen LogP contribution in [0, 0.1) is 5.82 Å². The molecule has 2 rings (SSSR count). The van der Waals surface area contributed by atoms with Gasteiger partial charge in [0.2, 0.25) is 0 Å². The Hall–Kier alpha value is -0.900. The molecule has 1 nitrogen and oxygen atoms in total. The summed E-state index contributed by atoms with van der Waals surface area (Å²) in [6, 6.07) is 8.21. The minimum atomic E-state index is -0.441.